The Labute approximate surface area is 412 Å². The number of aryl methyl sites for hydroxylation is 2. The fourth-order valence-electron chi connectivity index (χ4n) is 12.0. The summed E-state index contributed by atoms with van der Waals surface area (Å²) in [6.45, 7) is 0. The van der Waals surface area contributed by atoms with Crippen molar-refractivity contribution >= 4 is 43.6 Å². The third-order valence-corrected chi connectivity index (χ3v) is 15.2. The van der Waals surface area contributed by atoms with E-state index in [1.54, 1.807) is 0 Å². The van der Waals surface area contributed by atoms with Gasteiger partial charge >= 0.3 is 0 Å². The number of hydrogen-bond acceptors (Lipinski definition) is 2. The van der Waals surface area contributed by atoms with Crippen LogP contribution in [0.4, 0.5) is 0 Å². The molecule has 11 aromatic carbocycles. The molecule has 0 saturated heterocycles. The van der Waals surface area contributed by atoms with Crippen LogP contribution in [0.15, 0.2) is 243 Å². The summed E-state index contributed by atoms with van der Waals surface area (Å²) >= 11 is 0. The normalized spacial score (nSPS) is 12.8. The van der Waals surface area contributed by atoms with Gasteiger partial charge in [-0.3, -0.25) is 0 Å². The van der Waals surface area contributed by atoms with Gasteiger partial charge in [-0.25, -0.2) is 9.97 Å². The highest BCUT2D eigenvalue weighted by Gasteiger charge is 2.46. The summed E-state index contributed by atoms with van der Waals surface area (Å²) in [7, 11) is 4.25. The molecule has 4 heteroatoms. The molecule has 0 bridgehead atoms. The summed E-state index contributed by atoms with van der Waals surface area (Å²) in [5, 5.41) is 4.80. The van der Waals surface area contributed by atoms with Crippen LogP contribution in [0.5, 0.6) is 0 Å². The summed E-state index contributed by atoms with van der Waals surface area (Å²) in [6.07, 6.45) is 0. The number of imidazole rings is 2. The van der Waals surface area contributed by atoms with Crippen LogP contribution in [0.3, 0.4) is 0 Å². The van der Waals surface area contributed by atoms with E-state index >= 15 is 0 Å². The molecule has 1 aliphatic rings. The molecule has 2 aromatic heterocycles. The van der Waals surface area contributed by atoms with Crippen molar-refractivity contribution in [1.29, 1.82) is 0 Å². The van der Waals surface area contributed by atoms with Crippen molar-refractivity contribution in [2.75, 3.05) is 0 Å². The van der Waals surface area contributed by atoms with E-state index in [1.807, 2.05) is 0 Å². The molecule has 13 aromatic rings. The van der Waals surface area contributed by atoms with Crippen LogP contribution in [0.25, 0.3) is 111 Å². The van der Waals surface area contributed by atoms with Gasteiger partial charge in [0.15, 0.2) is 0 Å². The number of benzene rings is 11. The summed E-state index contributed by atoms with van der Waals surface area (Å²) in [4.78, 5) is 10.2. The average molecular weight is 907 g/mol. The van der Waals surface area contributed by atoms with Gasteiger partial charge in [-0.1, -0.05) is 206 Å². The first kappa shape index (κ1) is 40.9. The Balaban J connectivity index is 1.05. The quantitative estimate of drug-likeness (QED) is 0.149. The van der Waals surface area contributed by atoms with E-state index in [4.69, 9.17) is 9.97 Å². The zero-order valence-electron chi connectivity index (χ0n) is 39.4. The molecule has 4 nitrogen and oxygen atoms in total. The minimum Gasteiger partial charge on any atom is -0.327 e. The van der Waals surface area contributed by atoms with Crippen molar-refractivity contribution in [1.82, 2.24) is 19.1 Å². The smallest absolute Gasteiger partial charge is 0.140 e. The maximum atomic E-state index is 5.12. The van der Waals surface area contributed by atoms with Crippen LogP contribution < -0.4 is 0 Å². The molecular weight excluding hydrogens is 861 g/mol. The van der Waals surface area contributed by atoms with Gasteiger partial charge < -0.3 is 9.13 Å². The zero-order chi connectivity index (χ0) is 47.2. The molecule has 0 amide bonds. The molecular formula is C67H46N4. The topological polar surface area (TPSA) is 35.6 Å². The van der Waals surface area contributed by atoms with Crippen LogP contribution in [0.1, 0.15) is 22.3 Å². The molecule has 0 atom stereocenters. The first-order valence-corrected chi connectivity index (χ1v) is 24.4. The van der Waals surface area contributed by atoms with Crippen molar-refractivity contribution in [3.8, 4) is 67.3 Å². The van der Waals surface area contributed by atoms with Crippen molar-refractivity contribution in [2.45, 2.75) is 5.41 Å². The predicted octanol–water partition coefficient (Wildman–Crippen LogP) is 16.5. The third-order valence-electron chi connectivity index (χ3n) is 15.2. The lowest BCUT2D eigenvalue weighted by Crippen LogP contribution is -2.28. The molecule has 334 valence electrons. The van der Waals surface area contributed by atoms with Crippen LogP contribution in [-0.2, 0) is 19.5 Å². The van der Waals surface area contributed by atoms with Crippen LogP contribution in [0, 0.1) is 0 Å². The molecule has 2 heterocycles. The van der Waals surface area contributed by atoms with Gasteiger partial charge in [0, 0.05) is 25.2 Å². The second-order valence-corrected chi connectivity index (χ2v) is 19.0. The number of aromatic nitrogens is 4. The molecule has 14 rings (SSSR count). The Kier molecular flexibility index (Phi) is 9.21. The van der Waals surface area contributed by atoms with Gasteiger partial charge in [0.2, 0.25) is 0 Å². The van der Waals surface area contributed by atoms with Crippen molar-refractivity contribution in [3.05, 3.63) is 265 Å². The van der Waals surface area contributed by atoms with Gasteiger partial charge in [-0.2, -0.15) is 0 Å². The maximum absolute atomic E-state index is 5.12. The Bertz CT molecular complexity index is 4000. The number of fused-ring (bicyclic) bond motifs is 7. The fourth-order valence-corrected chi connectivity index (χ4v) is 12.0. The molecule has 0 spiro atoms. The highest BCUT2D eigenvalue weighted by molar-refractivity contribution is 6.19. The van der Waals surface area contributed by atoms with Gasteiger partial charge in [0.1, 0.15) is 11.6 Å². The zero-order valence-corrected chi connectivity index (χ0v) is 39.4. The van der Waals surface area contributed by atoms with Gasteiger partial charge in [-0.05, 0) is 125 Å². The van der Waals surface area contributed by atoms with Gasteiger partial charge in [0.25, 0.3) is 0 Å². The van der Waals surface area contributed by atoms with Crippen LogP contribution in [0.2, 0.25) is 0 Å². The van der Waals surface area contributed by atoms with Gasteiger partial charge in [0.05, 0.1) is 27.5 Å². The molecule has 0 saturated carbocycles. The second kappa shape index (κ2) is 16.0. The van der Waals surface area contributed by atoms with Crippen LogP contribution >= 0.6 is 0 Å². The largest absolute Gasteiger partial charge is 0.327 e. The number of nitrogens with zero attached hydrogens (tertiary/aromatic N) is 4. The highest BCUT2D eigenvalue weighted by Crippen LogP contribution is 2.57. The second-order valence-electron chi connectivity index (χ2n) is 19.0. The minimum absolute atomic E-state index is 0.532. The average Bonchev–Trinajstić information content (AvgIpc) is 4.06. The molecule has 0 fully saturated rings. The van der Waals surface area contributed by atoms with E-state index in [0.29, 0.717) is 0 Å². The van der Waals surface area contributed by atoms with E-state index in [0.717, 1.165) is 56.0 Å². The molecule has 0 radical (unpaired) electrons. The van der Waals surface area contributed by atoms with Gasteiger partial charge in [-0.15, -0.1) is 0 Å². The van der Waals surface area contributed by atoms with Crippen molar-refractivity contribution in [2.24, 2.45) is 14.1 Å². The number of rotatable bonds is 7. The van der Waals surface area contributed by atoms with E-state index in [2.05, 4.69) is 266 Å². The maximum Gasteiger partial charge on any atom is 0.140 e. The Morgan fingerprint density at radius 2 is 0.746 bits per heavy atom. The van der Waals surface area contributed by atoms with Crippen molar-refractivity contribution < 1.29 is 0 Å². The summed E-state index contributed by atoms with van der Waals surface area (Å²) in [6, 6.07) is 89.1. The Hall–Kier alpha value is -9.12. The Morgan fingerprint density at radius 1 is 0.310 bits per heavy atom. The lowest BCUT2D eigenvalue weighted by atomic mass is 9.67. The van der Waals surface area contributed by atoms with E-state index in [-0.39, 0.29) is 0 Å². The minimum atomic E-state index is -0.532. The molecule has 0 N–H and O–H groups in total. The number of hydrogen-bond donors (Lipinski definition) is 0. The summed E-state index contributed by atoms with van der Waals surface area (Å²) in [5.41, 5.74) is 20.5. The van der Waals surface area contributed by atoms with Crippen molar-refractivity contribution in [3.63, 3.8) is 0 Å². The van der Waals surface area contributed by atoms with E-state index < -0.39 is 5.41 Å². The lowest BCUT2D eigenvalue weighted by Gasteiger charge is -2.34. The Morgan fingerprint density at radius 3 is 1.27 bits per heavy atom. The molecule has 0 unspecified atom stereocenters. The van der Waals surface area contributed by atoms with E-state index in [9.17, 15) is 0 Å². The third kappa shape index (κ3) is 6.17. The predicted molar refractivity (Wildman–Crippen MR) is 294 cm³/mol. The molecule has 1 aliphatic carbocycles. The fraction of sp³-hybridized carbons (Fsp3) is 0.0448. The molecule has 71 heavy (non-hydrogen) atoms. The first-order chi connectivity index (χ1) is 35.0. The SMILES string of the molecule is Cn1c(-c2ccccc2)nc2ccc(-c3cccc4c(-c5ccc6c(c5)C(c5ccccc5)(c5ccccc5)c5ccccc5-6)c5cccc(-c6ccc7nc(-c8ccccc8)n(C)c7c6)c5cc34)cc21. The van der Waals surface area contributed by atoms with Crippen LogP contribution in [-0.4, -0.2) is 19.1 Å². The van der Waals surface area contributed by atoms with E-state index in [1.165, 1.54) is 77.2 Å². The summed E-state index contributed by atoms with van der Waals surface area (Å²) in [5.74, 6) is 1.91. The monoisotopic (exact) mass is 906 g/mol. The molecule has 0 aliphatic heterocycles. The highest BCUT2D eigenvalue weighted by atomic mass is 15.1. The lowest BCUT2D eigenvalue weighted by molar-refractivity contribution is 0.769. The standard InChI is InChI=1S/C67H46N4/c1-70-62-40-45(34-37-60(62)68-65(70)43-19-7-3-8-20-43)50-28-17-30-54-56(50)42-57-51(46-35-38-61-63(41-46)71(2)66(69-61)44-21-9-4-10-22-44)29-18-31-55(57)64(54)47-33-36-53-52-27-15-16-32-58(52)67(59(53)39-47,48-23-11-5-12-24-48)49-25-13-6-14-26-49/h3-42H,1-2H3. The first-order valence-electron chi connectivity index (χ1n) is 24.4. The summed E-state index contributed by atoms with van der Waals surface area (Å²) < 4.78 is 4.45.